The van der Waals surface area contributed by atoms with Gasteiger partial charge in [-0.25, -0.2) is 0 Å². The van der Waals surface area contributed by atoms with E-state index in [1.807, 2.05) is 17.7 Å². The summed E-state index contributed by atoms with van der Waals surface area (Å²) in [4.78, 5) is 12.0. The van der Waals surface area contributed by atoms with Crippen molar-refractivity contribution in [1.82, 2.24) is 9.88 Å². The van der Waals surface area contributed by atoms with Crippen molar-refractivity contribution in [3.8, 4) is 0 Å². The van der Waals surface area contributed by atoms with Crippen molar-refractivity contribution >= 4 is 21.8 Å². The first-order valence-electron chi connectivity index (χ1n) is 5.89. The van der Waals surface area contributed by atoms with Gasteiger partial charge in [0.2, 0.25) is 0 Å². The van der Waals surface area contributed by atoms with E-state index >= 15 is 0 Å². The van der Waals surface area contributed by atoms with Crippen LogP contribution in [0.25, 0.3) is 0 Å². The van der Waals surface area contributed by atoms with Crippen molar-refractivity contribution in [1.29, 1.82) is 0 Å². The molecular weight excluding hydrogens is 284 g/mol. The molecule has 0 spiro atoms. The highest BCUT2D eigenvalue weighted by Gasteiger charge is 2.15. The SMILES string of the molecule is CCCn1cc(Br)cc1C(=O)NC(CC)CO. The van der Waals surface area contributed by atoms with Crippen LogP contribution < -0.4 is 5.32 Å². The number of amides is 1. The average Bonchev–Trinajstić information content (AvgIpc) is 2.67. The summed E-state index contributed by atoms with van der Waals surface area (Å²) in [6.07, 6.45) is 3.59. The molecule has 96 valence electrons. The van der Waals surface area contributed by atoms with Crippen molar-refractivity contribution in [3.63, 3.8) is 0 Å². The normalized spacial score (nSPS) is 12.5. The summed E-state index contributed by atoms with van der Waals surface area (Å²) in [5.74, 6) is -0.134. The molecule has 2 N–H and O–H groups in total. The number of aliphatic hydroxyl groups is 1. The lowest BCUT2D eigenvalue weighted by Crippen LogP contribution is -2.37. The van der Waals surface area contributed by atoms with E-state index in [0.29, 0.717) is 5.69 Å². The maximum absolute atomic E-state index is 12.0. The van der Waals surface area contributed by atoms with E-state index in [9.17, 15) is 4.79 Å². The standard InChI is InChI=1S/C12H19BrN2O2/c1-3-5-15-7-9(13)6-11(15)12(17)14-10(4-2)8-16/h6-7,10,16H,3-5,8H2,1-2H3,(H,14,17). The van der Waals surface area contributed by atoms with Crippen LogP contribution in [0.15, 0.2) is 16.7 Å². The number of hydrogen-bond acceptors (Lipinski definition) is 2. The van der Waals surface area contributed by atoms with Gasteiger partial charge in [-0.3, -0.25) is 4.79 Å². The molecule has 17 heavy (non-hydrogen) atoms. The molecule has 1 rings (SSSR count). The molecule has 0 fully saturated rings. The van der Waals surface area contributed by atoms with Crippen molar-refractivity contribution in [2.75, 3.05) is 6.61 Å². The predicted molar refractivity (Wildman–Crippen MR) is 71.1 cm³/mol. The quantitative estimate of drug-likeness (QED) is 0.846. The number of carbonyl (C=O) groups excluding carboxylic acids is 1. The Balaban J connectivity index is 2.80. The van der Waals surface area contributed by atoms with Gasteiger partial charge in [0.05, 0.1) is 12.6 Å². The van der Waals surface area contributed by atoms with Crippen LogP contribution in [-0.2, 0) is 6.54 Å². The van der Waals surface area contributed by atoms with Crippen LogP contribution >= 0.6 is 15.9 Å². The molecule has 0 bridgehead atoms. The van der Waals surface area contributed by atoms with Gasteiger partial charge in [-0.15, -0.1) is 0 Å². The molecule has 5 heteroatoms. The molecule has 0 radical (unpaired) electrons. The molecule has 1 atom stereocenters. The Morgan fingerprint density at radius 2 is 2.29 bits per heavy atom. The second kappa shape index (κ2) is 6.81. The Morgan fingerprint density at radius 3 is 2.82 bits per heavy atom. The van der Waals surface area contributed by atoms with Gasteiger partial charge >= 0.3 is 0 Å². The highest BCUT2D eigenvalue weighted by Crippen LogP contribution is 2.15. The first kappa shape index (κ1) is 14.3. The molecule has 1 aromatic heterocycles. The Bertz CT molecular complexity index is 373. The largest absolute Gasteiger partial charge is 0.394 e. The third-order valence-corrected chi connectivity index (χ3v) is 3.04. The number of hydrogen-bond donors (Lipinski definition) is 2. The van der Waals surface area contributed by atoms with Gasteiger partial charge < -0.3 is 15.0 Å². The molecule has 0 aliphatic heterocycles. The monoisotopic (exact) mass is 302 g/mol. The Morgan fingerprint density at radius 1 is 1.59 bits per heavy atom. The van der Waals surface area contributed by atoms with Crippen LogP contribution in [0.2, 0.25) is 0 Å². The van der Waals surface area contributed by atoms with Gasteiger partial charge in [0, 0.05) is 17.2 Å². The maximum Gasteiger partial charge on any atom is 0.268 e. The van der Waals surface area contributed by atoms with E-state index in [2.05, 4.69) is 28.2 Å². The van der Waals surface area contributed by atoms with Gasteiger partial charge in [-0.2, -0.15) is 0 Å². The number of aliphatic hydroxyl groups excluding tert-OH is 1. The zero-order chi connectivity index (χ0) is 12.8. The van der Waals surface area contributed by atoms with Gasteiger partial charge in [-0.1, -0.05) is 13.8 Å². The van der Waals surface area contributed by atoms with E-state index in [1.54, 1.807) is 6.07 Å². The summed E-state index contributed by atoms with van der Waals surface area (Å²) in [7, 11) is 0. The Hall–Kier alpha value is -0.810. The van der Waals surface area contributed by atoms with E-state index < -0.39 is 0 Å². The minimum absolute atomic E-state index is 0.0299. The number of aryl methyl sites for hydroxylation is 1. The third kappa shape index (κ3) is 3.85. The lowest BCUT2D eigenvalue weighted by molar-refractivity contribution is 0.0905. The summed E-state index contributed by atoms with van der Waals surface area (Å²) in [5.41, 5.74) is 0.630. The molecule has 0 aliphatic rings. The average molecular weight is 303 g/mol. The van der Waals surface area contributed by atoms with E-state index in [-0.39, 0.29) is 18.6 Å². The molecule has 1 aromatic rings. The second-order valence-corrected chi connectivity index (χ2v) is 4.91. The van der Waals surface area contributed by atoms with Gasteiger partial charge in [0.1, 0.15) is 5.69 Å². The molecule has 1 heterocycles. The fraction of sp³-hybridized carbons (Fsp3) is 0.583. The van der Waals surface area contributed by atoms with Gasteiger partial charge in [-0.05, 0) is 34.8 Å². The molecule has 1 amide bonds. The minimum atomic E-state index is -0.175. The van der Waals surface area contributed by atoms with Crippen molar-refractivity contribution in [2.45, 2.75) is 39.3 Å². The molecule has 0 aliphatic carbocycles. The number of nitrogens with one attached hydrogen (secondary N) is 1. The topological polar surface area (TPSA) is 54.3 Å². The van der Waals surface area contributed by atoms with E-state index in [4.69, 9.17) is 5.11 Å². The zero-order valence-corrected chi connectivity index (χ0v) is 11.8. The molecule has 0 aromatic carbocycles. The summed E-state index contributed by atoms with van der Waals surface area (Å²) in [6, 6.07) is 1.63. The fourth-order valence-electron chi connectivity index (χ4n) is 1.63. The second-order valence-electron chi connectivity index (χ2n) is 4.00. The first-order chi connectivity index (χ1) is 8.12. The van der Waals surface area contributed by atoms with Crippen LogP contribution in [0.3, 0.4) is 0 Å². The lowest BCUT2D eigenvalue weighted by Gasteiger charge is -2.15. The summed E-state index contributed by atoms with van der Waals surface area (Å²) < 4.78 is 2.82. The van der Waals surface area contributed by atoms with Crippen LogP contribution in [0.1, 0.15) is 37.2 Å². The Kier molecular flexibility index (Phi) is 5.71. The Labute approximate surface area is 110 Å². The van der Waals surface area contributed by atoms with E-state index in [1.165, 1.54) is 0 Å². The van der Waals surface area contributed by atoms with Gasteiger partial charge in [0.25, 0.3) is 5.91 Å². The summed E-state index contributed by atoms with van der Waals surface area (Å²) in [6.45, 7) is 4.78. The number of aromatic nitrogens is 1. The first-order valence-corrected chi connectivity index (χ1v) is 6.69. The van der Waals surface area contributed by atoms with Crippen LogP contribution in [0.5, 0.6) is 0 Å². The molecule has 0 saturated carbocycles. The highest BCUT2D eigenvalue weighted by molar-refractivity contribution is 9.10. The number of nitrogens with zero attached hydrogens (tertiary/aromatic N) is 1. The smallest absolute Gasteiger partial charge is 0.268 e. The lowest BCUT2D eigenvalue weighted by atomic mass is 10.2. The van der Waals surface area contributed by atoms with Crippen molar-refractivity contribution in [2.24, 2.45) is 0 Å². The summed E-state index contributed by atoms with van der Waals surface area (Å²) in [5, 5.41) is 11.9. The number of halogens is 1. The number of rotatable bonds is 6. The molecular formula is C12H19BrN2O2. The van der Waals surface area contributed by atoms with Crippen molar-refractivity contribution in [3.05, 3.63) is 22.4 Å². The zero-order valence-electron chi connectivity index (χ0n) is 10.2. The predicted octanol–water partition coefficient (Wildman–Crippen LogP) is 2.16. The molecule has 4 nitrogen and oxygen atoms in total. The number of carbonyl (C=O) groups is 1. The van der Waals surface area contributed by atoms with Crippen LogP contribution in [0.4, 0.5) is 0 Å². The highest BCUT2D eigenvalue weighted by atomic mass is 79.9. The fourth-order valence-corrected chi connectivity index (χ4v) is 2.09. The van der Waals surface area contributed by atoms with Crippen LogP contribution in [0, 0.1) is 0 Å². The minimum Gasteiger partial charge on any atom is -0.394 e. The molecule has 0 saturated heterocycles. The van der Waals surface area contributed by atoms with Crippen LogP contribution in [-0.4, -0.2) is 28.2 Å². The third-order valence-electron chi connectivity index (χ3n) is 2.61. The van der Waals surface area contributed by atoms with E-state index in [0.717, 1.165) is 23.9 Å². The molecule has 1 unspecified atom stereocenters. The maximum atomic E-state index is 12.0. The van der Waals surface area contributed by atoms with Gasteiger partial charge in [0.15, 0.2) is 0 Å². The summed E-state index contributed by atoms with van der Waals surface area (Å²) >= 11 is 3.37. The van der Waals surface area contributed by atoms with Crippen molar-refractivity contribution < 1.29 is 9.90 Å².